The number of amides is 1. The highest BCUT2D eigenvalue weighted by molar-refractivity contribution is 5.93. The number of carbonyl (C=O) groups is 1. The highest BCUT2D eigenvalue weighted by Gasteiger charge is 2.24. The van der Waals surface area contributed by atoms with Crippen LogP contribution in [0, 0.1) is 22.8 Å². The summed E-state index contributed by atoms with van der Waals surface area (Å²) < 4.78 is 0. The molecule has 118 valence electrons. The SMILES string of the molecule is N#Cc1cccc(-c2cc(C(=O)NC3CCN(C#N)C3)ncn2)c1. The molecule has 1 unspecified atom stereocenters. The van der Waals surface area contributed by atoms with Crippen molar-refractivity contribution < 1.29 is 4.79 Å². The lowest BCUT2D eigenvalue weighted by Gasteiger charge is -2.12. The summed E-state index contributed by atoms with van der Waals surface area (Å²) >= 11 is 0. The molecule has 7 heteroatoms. The van der Waals surface area contributed by atoms with Crippen LogP contribution in [0.5, 0.6) is 0 Å². The minimum absolute atomic E-state index is 0.0579. The molecule has 1 saturated heterocycles. The summed E-state index contributed by atoms with van der Waals surface area (Å²) in [5, 5.41) is 20.7. The second-order valence-electron chi connectivity index (χ2n) is 5.49. The monoisotopic (exact) mass is 318 g/mol. The van der Waals surface area contributed by atoms with Crippen LogP contribution in [0.1, 0.15) is 22.5 Å². The maximum atomic E-state index is 12.3. The predicted molar refractivity (Wildman–Crippen MR) is 85.2 cm³/mol. The van der Waals surface area contributed by atoms with Crippen LogP contribution in [-0.4, -0.2) is 39.9 Å². The fourth-order valence-electron chi connectivity index (χ4n) is 2.62. The van der Waals surface area contributed by atoms with E-state index in [-0.39, 0.29) is 17.6 Å². The van der Waals surface area contributed by atoms with Gasteiger partial charge >= 0.3 is 0 Å². The molecule has 1 aliphatic rings. The number of nitriles is 2. The van der Waals surface area contributed by atoms with Crippen molar-refractivity contribution in [2.24, 2.45) is 0 Å². The molecular weight excluding hydrogens is 304 g/mol. The first kappa shape index (κ1) is 15.4. The molecule has 1 aromatic heterocycles. The van der Waals surface area contributed by atoms with Crippen LogP contribution < -0.4 is 5.32 Å². The Kier molecular flexibility index (Phi) is 4.35. The van der Waals surface area contributed by atoms with E-state index in [4.69, 9.17) is 10.5 Å². The Morgan fingerprint density at radius 1 is 1.29 bits per heavy atom. The van der Waals surface area contributed by atoms with Gasteiger partial charge in [0.15, 0.2) is 6.19 Å². The van der Waals surface area contributed by atoms with Crippen LogP contribution in [0.15, 0.2) is 36.7 Å². The molecule has 0 bridgehead atoms. The van der Waals surface area contributed by atoms with E-state index in [0.717, 1.165) is 12.0 Å². The first-order chi connectivity index (χ1) is 11.7. The maximum absolute atomic E-state index is 12.3. The Balaban J connectivity index is 1.77. The third-order valence-corrected chi connectivity index (χ3v) is 3.85. The average molecular weight is 318 g/mol. The van der Waals surface area contributed by atoms with Crippen molar-refractivity contribution in [2.45, 2.75) is 12.5 Å². The molecule has 1 fully saturated rings. The van der Waals surface area contributed by atoms with Gasteiger partial charge in [-0.3, -0.25) is 4.79 Å². The lowest BCUT2D eigenvalue weighted by atomic mass is 10.1. The van der Waals surface area contributed by atoms with Gasteiger partial charge in [-0.15, -0.1) is 0 Å². The Morgan fingerprint density at radius 3 is 2.92 bits per heavy atom. The van der Waals surface area contributed by atoms with Crippen molar-refractivity contribution in [1.82, 2.24) is 20.2 Å². The van der Waals surface area contributed by atoms with E-state index in [2.05, 4.69) is 27.5 Å². The lowest BCUT2D eigenvalue weighted by Crippen LogP contribution is -2.36. The molecule has 2 heterocycles. The van der Waals surface area contributed by atoms with Gasteiger partial charge in [-0.2, -0.15) is 10.5 Å². The average Bonchev–Trinajstić information content (AvgIpc) is 3.09. The number of hydrogen-bond acceptors (Lipinski definition) is 6. The highest BCUT2D eigenvalue weighted by atomic mass is 16.1. The molecule has 1 atom stereocenters. The molecule has 1 aromatic carbocycles. The van der Waals surface area contributed by atoms with Crippen LogP contribution in [0.4, 0.5) is 0 Å². The normalized spacial score (nSPS) is 16.2. The lowest BCUT2D eigenvalue weighted by molar-refractivity contribution is 0.0933. The van der Waals surface area contributed by atoms with E-state index in [0.29, 0.717) is 24.3 Å². The number of carbonyl (C=O) groups excluding carboxylic acids is 1. The molecule has 1 amide bonds. The number of rotatable bonds is 3. The van der Waals surface area contributed by atoms with Crippen LogP contribution in [-0.2, 0) is 0 Å². The Morgan fingerprint density at radius 2 is 2.17 bits per heavy atom. The fraction of sp³-hybridized carbons (Fsp3) is 0.235. The molecule has 24 heavy (non-hydrogen) atoms. The Bertz CT molecular complexity index is 851. The van der Waals surface area contributed by atoms with Crippen LogP contribution in [0.3, 0.4) is 0 Å². The summed E-state index contributed by atoms with van der Waals surface area (Å²) in [5.41, 5.74) is 2.12. The number of nitrogens with zero attached hydrogens (tertiary/aromatic N) is 5. The van der Waals surface area contributed by atoms with E-state index in [1.165, 1.54) is 6.33 Å². The molecule has 1 N–H and O–H groups in total. The van der Waals surface area contributed by atoms with Gasteiger partial charge in [-0.1, -0.05) is 12.1 Å². The van der Waals surface area contributed by atoms with Gasteiger partial charge in [-0.05, 0) is 24.6 Å². The first-order valence-corrected chi connectivity index (χ1v) is 7.47. The minimum atomic E-state index is -0.292. The van der Waals surface area contributed by atoms with Gasteiger partial charge in [0.1, 0.15) is 12.0 Å². The van der Waals surface area contributed by atoms with E-state index in [1.807, 2.05) is 6.07 Å². The fourth-order valence-corrected chi connectivity index (χ4v) is 2.62. The van der Waals surface area contributed by atoms with Crippen molar-refractivity contribution in [3.8, 4) is 23.5 Å². The van der Waals surface area contributed by atoms with E-state index in [1.54, 1.807) is 29.2 Å². The Hall–Kier alpha value is -3.45. The van der Waals surface area contributed by atoms with Gasteiger partial charge in [0.2, 0.25) is 0 Å². The molecule has 1 aliphatic heterocycles. The van der Waals surface area contributed by atoms with E-state index >= 15 is 0 Å². The van der Waals surface area contributed by atoms with Gasteiger partial charge < -0.3 is 10.2 Å². The zero-order valence-electron chi connectivity index (χ0n) is 12.8. The van der Waals surface area contributed by atoms with Crippen molar-refractivity contribution in [3.05, 3.63) is 47.9 Å². The summed E-state index contributed by atoms with van der Waals surface area (Å²) in [6, 6.07) is 10.6. The second kappa shape index (κ2) is 6.76. The molecule has 2 aromatic rings. The molecule has 0 spiro atoms. The molecule has 0 saturated carbocycles. The summed E-state index contributed by atoms with van der Waals surface area (Å²) in [5.74, 6) is -0.292. The zero-order chi connectivity index (χ0) is 16.9. The molecule has 0 aliphatic carbocycles. The van der Waals surface area contributed by atoms with Gasteiger partial charge in [-0.25, -0.2) is 9.97 Å². The molecular formula is C17H14N6O. The maximum Gasteiger partial charge on any atom is 0.270 e. The van der Waals surface area contributed by atoms with Gasteiger partial charge in [0.05, 0.1) is 17.3 Å². The number of benzene rings is 1. The minimum Gasteiger partial charge on any atom is -0.346 e. The van der Waals surface area contributed by atoms with Crippen molar-refractivity contribution >= 4 is 5.91 Å². The smallest absolute Gasteiger partial charge is 0.270 e. The topological polar surface area (TPSA) is 106 Å². The third-order valence-electron chi connectivity index (χ3n) is 3.85. The first-order valence-electron chi connectivity index (χ1n) is 7.47. The predicted octanol–water partition coefficient (Wildman–Crippen LogP) is 1.30. The molecule has 7 nitrogen and oxygen atoms in total. The van der Waals surface area contributed by atoms with Crippen LogP contribution in [0.2, 0.25) is 0 Å². The summed E-state index contributed by atoms with van der Waals surface area (Å²) in [7, 11) is 0. The summed E-state index contributed by atoms with van der Waals surface area (Å²) in [6.45, 7) is 1.17. The molecule has 0 radical (unpaired) electrons. The largest absolute Gasteiger partial charge is 0.346 e. The number of hydrogen-bond donors (Lipinski definition) is 1. The van der Waals surface area contributed by atoms with Crippen molar-refractivity contribution in [3.63, 3.8) is 0 Å². The number of nitrogens with one attached hydrogen (secondary N) is 1. The summed E-state index contributed by atoms with van der Waals surface area (Å²) in [4.78, 5) is 22.2. The second-order valence-corrected chi connectivity index (χ2v) is 5.49. The van der Waals surface area contributed by atoms with Crippen LogP contribution >= 0.6 is 0 Å². The quantitative estimate of drug-likeness (QED) is 0.855. The number of likely N-dealkylation sites (tertiary alicyclic amines) is 1. The molecule has 3 rings (SSSR count). The third kappa shape index (κ3) is 3.31. The standard InChI is InChI=1S/C17H14N6O/c18-8-12-2-1-3-13(6-12)15-7-16(21-11-20-15)17(24)22-14-4-5-23(9-14)10-19/h1-3,6-7,11,14H,4-5,9H2,(H,22,24). The van der Waals surface area contributed by atoms with Crippen molar-refractivity contribution in [1.29, 1.82) is 10.5 Å². The highest BCUT2D eigenvalue weighted by Crippen LogP contribution is 2.18. The summed E-state index contributed by atoms with van der Waals surface area (Å²) in [6.07, 6.45) is 4.15. The van der Waals surface area contributed by atoms with Gasteiger partial charge in [0.25, 0.3) is 5.91 Å². The van der Waals surface area contributed by atoms with E-state index in [9.17, 15) is 4.79 Å². The van der Waals surface area contributed by atoms with Crippen molar-refractivity contribution in [2.75, 3.05) is 13.1 Å². The van der Waals surface area contributed by atoms with Crippen LogP contribution in [0.25, 0.3) is 11.3 Å². The Labute approximate surface area is 139 Å². The van der Waals surface area contributed by atoms with E-state index < -0.39 is 0 Å². The van der Waals surface area contributed by atoms with Gasteiger partial charge in [0, 0.05) is 24.7 Å². The zero-order valence-corrected chi connectivity index (χ0v) is 12.8. The number of aromatic nitrogens is 2.